The fourth-order valence-electron chi connectivity index (χ4n) is 3.08. The zero-order valence-electron chi connectivity index (χ0n) is 16.5. The third kappa shape index (κ3) is 7.24. The van der Waals surface area contributed by atoms with Gasteiger partial charge in [0.15, 0.2) is 0 Å². The Morgan fingerprint density at radius 3 is 2.59 bits per heavy atom. The molecule has 1 fully saturated rings. The van der Waals surface area contributed by atoms with E-state index in [-0.39, 0.29) is 44.0 Å². The topological polar surface area (TPSA) is 134 Å². The van der Waals surface area contributed by atoms with Crippen LogP contribution >= 0.6 is 0 Å². The van der Waals surface area contributed by atoms with Gasteiger partial charge in [0.25, 0.3) is 0 Å². The van der Waals surface area contributed by atoms with Gasteiger partial charge in [-0.3, -0.25) is 14.5 Å². The van der Waals surface area contributed by atoms with Crippen molar-refractivity contribution in [3.63, 3.8) is 0 Å². The zero-order valence-corrected chi connectivity index (χ0v) is 16.5. The average molecular weight is 408 g/mol. The summed E-state index contributed by atoms with van der Waals surface area (Å²) in [5.41, 5.74) is 5.82. The number of carbonyl (C=O) groups excluding carboxylic acids is 3. The second-order valence-electron chi connectivity index (χ2n) is 6.69. The summed E-state index contributed by atoms with van der Waals surface area (Å²) in [6.45, 7) is 1.47. The lowest BCUT2D eigenvalue weighted by molar-refractivity contribution is -0.136. The van der Waals surface area contributed by atoms with Crippen molar-refractivity contribution in [2.24, 2.45) is 5.73 Å². The molecule has 10 heteroatoms. The number of carbonyl (C=O) groups is 3. The Morgan fingerprint density at radius 1 is 1.24 bits per heavy atom. The zero-order chi connectivity index (χ0) is 21.2. The SMILES string of the molecule is COc1ccc(CNC(=O)CN2CCN(C(=O)CCOC(N)=O)CC2CO)cc1. The quantitative estimate of drug-likeness (QED) is 0.492. The molecule has 3 amide bonds. The van der Waals surface area contributed by atoms with E-state index in [0.717, 1.165) is 11.3 Å². The largest absolute Gasteiger partial charge is 0.497 e. The highest BCUT2D eigenvalue weighted by Gasteiger charge is 2.30. The highest BCUT2D eigenvalue weighted by atomic mass is 16.5. The number of amides is 3. The molecular formula is C19H28N4O6. The van der Waals surface area contributed by atoms with Gasteiger partial charge < -0.3 is 30.5 Å². The molecular weight excluding hydrogens is 380 g/mol. The highest BCUT2D eigenvalue weighted by molar-refractivity contribution is 5.78. The molecule has 1 unspecified atom stereocenters. The van der Waals surface area contributed by atoms with E-state index < -0.39 is 6.09 Å². The van der Waals surface area contributed by atoms with Gasteiger partial charge >= 0.3 is 6.09 Å². The number of rotatable bonds is 9. The number of hydrogen-bond acceptors (Lipinski definition) is 7. The summed E-state index contributed by atoms with van der Waals surface area (Å²) in [5.74, 6) is 0.404. The molecule has 0 spiro atoms. The van der Waals surface area contributed by atoms with Crippen LogP contribution in [0.5, 0.6) is 5.75 Å². The van der Waals surface area contributed by atoms with Crippen LogP contribution in [0.15, 0.2) is 24.3 Å². The van der Waals surface area contributed by atoms with Crippen LogP contribution in [0.1, 0.15) is 12.0 Å². The van der Waals surface area contributed by atoms with Gasteiger partial charge in [-0.1, -0.05) is 12.1 Å². The minimum Gasteiger partial charge on any atom is -0.497 e. The first-order valence-corrected chi connectivity index (χ1v) is 9.37. The fraction of sp³-hybridized carbons (Fsp3) is 0.526. The van der Waals surface area contributed by atoms with Gasteiger partial charge in [0, 0.05) is 26.2 Å². The summed E-state index contributed by atoms with van der Waals surface area (Å²) in [6, 6.07) is 7.07. The second kappa shape index (κ2) is 11.2. The molecule has 1 aliphatic rings. The minimum absolute atomic E-state index is 0.0312. The van der Waals surface area contributed by atoms with Gasteiger partial charge in [-0.2, -0.15) is 0 Å². The number of benzene rings is 1. The first-order chi connectivity index (χ1) is 13.9. The molecule has 1 aliphatic heterocycles. The van der Waals surface area contributed by atoms with Gasteiger partial charge in [-0.05, 0) is 17.7 Å². The van der Waals surface area contributed by atoms with Crippen molar-refractivity contribution in [3.05, 3.63) is 29.8 Å². The Hall–Kier alpha value is -2.85. The molecule has 1 heterocycles. The maximum Gasteiger partial charge on any atom is 0.404 e. The first kappa shape index (κ1) is 22.4. The smallest absolute Gasteiger partial charge is 0.404 e. The minimum atomic E-state index is -0.920. The van der Waals surface area contributed by atoms with E-state index in [0.29, 0.717) is 26.2 Å². The molecule has 0 radical (unpaired) electrons. The number of nitrogens with zero attached hydrogens (tertiary/aromatic N) is 2. The molecule has 2 rings (SSSR count). The van der Waals surface area contributed by atoms with Crippen molar-refractivity contribution in [3.8, 4) is 5.75 Å². The van der Waals surface area contributed by atoms with Crippen molar-refractivity contribution in [2.75, 3.05) is 46.5 Å². The van der Waals surface area contributed by atoms with Crippen LogP contribution in [0, 0.1) is 0 Å². The molecule has 10 nitrogen and oxygen atoms in total. The molecule has 1 aromatic carbocycles. The normalized spacial score (nSPS) is 16.9. The fourth-order valence-corrected chi connectivity index (χ4v) is 3.08. The summed E-state index contributed by atoms with van der Waals surface area (Å²) >= 11 is 0. The predicted octanol–water partition coefficient (Wildman–Crippen LogP) is -0.698. The van der Waals surface area contributed by atoms with Gasteiger partial charge in [-0.15, -0.1) is 0 Å². The van der Waals surface area contributed by atoms with Gasteiger partial charge in [-0.25, -0.2) is 4.79 Å². The lowest BCUT2D eigenvalue weighted by Crippen LogP contribution is -2.58. The van der Waals surface area contributed by atoms with Crippen LogP contribution in [-0.4, -0.2) is 85.4 Å². The monoisotopic (exact) mass is 408 g/mol. The van der Waals surface area contributed by atoms with E-state index in [1.807, 2.05) is 29.2 Å². The van der Waals surface area contributed by atoms with Crippen molar-refractivity contribution in [2.45, 2.75) is 19.0 Å². The summed E-state index contributed by atoms with van der Waals surface area (Å²) in [4.78, 5) is 38.5. The van der Waals surface area contributed by atoms with E-state index in [1.54, 1.807) is 12.0 Å². The Morgan fingerprint density at radius 2 is 1.97 bits per heavy atom. The molecule has 160 valence electrons. The summed E-state index contributed by atoms with van der Waals surface area (Å²) in [7, 11) is 1.59. The highest BCUT2D eigenvalue weighted by Crippen LogP contribution is 2.12. The Labute approximate surface area is 169 Å². The number of ether oxygens (including phenoxy) is 2. The third-order valence-corrected chi connectivity index (χ3v) is 4.72. The Bertz CT molecular complexity index is 696. The summed E-state index contributed by atoms with van der Waals surface area (Å²) in [5, 5.41) is 12.5. The van der Waals surface area contributed by atoms with Crippen LogP contribution in [0.4, 0.5) is 4.79 Å². The number of nitrogens with one attached hydrogen (secondary N) is 1. The number of nitrogens with two attached hydrogens (primary N) is 1. The molecule has 1 saturated heterocycles. The standard InChI is InChI=1S/C19H28N4O6/c1-28-16-4-2-14(3-5-16)10-21-17(25)12-22-7-8-23(11-15(22)13-24)18(26)6-9-29-19(20)27/h2-5,15,24H,6-13H2,1H3,(H2,20,27)(H,21,25). The summed E-state index contributed by atoms with van der Waals surface area (Å²) in [6.07, 6.45) is -0.889. The van der Waals surface area contributed by atoms with Crippen molar-refractivity contribution >= 4 is 17.9 Å². The summed E-state index contributed by atoms with van der Waals surface area (Å²) < 4.78 is 9.68. The van der Waals surface area contributed by atoms with Crippen molar-refractivity contribution in [1.29, 1.82) is 0 Å². The first-order valence-electron chi connectivity index (χ1n) is 9.37. The molecule has 1 atom stereocenters. The number of primary amides is 1. The maximum atomic E-state index is 12.3. The van der Waals surface area contributed by atoms with Crippen LogP contribution in [0.2, 0.25) is 0 Å². The van der Waals surface area contributed by atoms with E-state index in [4.69, 9.17) is 10.5 Å². The van der Waals surface area contributed by atoms with Crippen LogP contribution < -0.4 is 15.8 Å². The van der Waals surface area contributed by atoms with Crippen LogP contribution in [0.25, 0.3) is 0 Å². The number of aliphatic hydroxyl groups excluding tert-OH is 1. The van der Waals surface area contributed by atoms with Gasteiger partial charge in [0.05, 0.1) is 32.7 Å². The lowest BCUT2D eigenvalue weighted by atomic mass is 10.1. The average Bonchev–Trinajstić information content (AvgIpc) is 2.72. The maximum absolute atomic E-state index is 12.3. The van der Waals surface area contributed by atoms with Gasteiger partial charge in [0.1, 0.15) is 12.4 Å². The number of hydrogen-bond donors (Lipinski definition) is 3. The van der Waals surface area contributed by atoms with E-state index in [1.165, 1.54) is 0 Å². The molecule has 29 heavy (non-hydrogen) atoms. The Kier molecular flexibility index (Phi) is 8.68. The number of piperazine rings is 1. The van der Waals surface area contributed by atoms with Crippen molar-refractivity contribution in [1.82, 2.24) is 15.1 Å². The Balaban J connectivity index is 1.77. The number of methoxy groups -OCH3 is 1. The molecule has 0 aromatic heterocycles. The molecule has 1 aromatic rings. The third-order valence-electron chi connectivity index (χ3n) is 4.72. The van der Waals surface area contributed by atoms with Crippen LogP contribution in [-0.2, 0) is 20.9 Å². The lowest BCUT2D eigenvalue weighted by Gasteiger charge is -2.40. The molecule has 0 saturated carbocycles. The van der Waals surface area contributed by atoms with Crippen molar-refractivity contribution < 1.29 is 29.0 Å². The predicted molar refractivity (Wildman–Crippen MR) is 104 cm³/mol. The van der Waals surface area contributed by atoms with E-state index in [9.17, 15) is 19.5 Å². The van der Waals surface area contributed by atoms with E-state index in [2.05, 4.69) is 10.1 Å². The number of aliphatic hydroxyl groups is 1. The van der Waals surface area contributed by atoms with Gasteiger partial charge in [0.2, 0.25) is 11.8 Å². The van der Waals surface area contributed by atoms with Crippen LogP contribution in [0.3, 0.4) is 0 Å². The molecule has 0 aliphatic carbocycles. The molecule has 4 N–H and O–H groups in total. The van der Waals surface area contributed by atoms with E-state index >= 15 is 0 Å². The molecule has 0 bridgehead atoms. The second-order valence-corrected chi connectivity index (χ2v) is 6.69.